The minimum absolute atomic E-state index is 0.108. The van der Waals surface area contributed by atoms with Gasteiger partial charge in [0.15, 0.2) is 5.60 Å². The van der Waals surface area contributed by atoms with Gasteiger partial charge in [0, 0.05) is 68.7 Å². The fourth-order valence-electron chi connectivity index (χ4n) is 5.31. The van der Waals surface area contributed by atoms with Crippen LogP contribution < -0.4 is 11.1 Å². The Balaban J connectivity index is 1.95. The zero-order valence-electron chi connectivity index (χ0n) is 21.7. The number of likely N-dealkylation sites (tertiary alicyclic amines) is 1. The molecule has 2 aliphatic heterocycles. The fraction of sp³-hybridized carbons (Fsp3) is 0.444. The number of hydrogen-bond acceptors (Lipinski definition) is 6. The van der Waals surface area contributed by atoms with Gasteiger partial charge in [0.25, 0.3) is 0 Å². The number of aryl methyl sites for hydroxylation is 2. The molecule has 2 unspecified atom stereocenters. The van der Waals surface area contributed by atoms with Crippen molar-refractivity contribution in [2.45, 2.75) is 44.6 Å². The lowest BCUT2D eigenvalue weighted by molar-refractivity contribution is -0.128. The first-order valence-electron chi connectivity index (χ1n) is 12.1. The number of fused-ring (bicyclic) bond motifs is 1. The molecule has 2 aliphatic rings. The number of methoxy groups -OCH3 is 1. The summed E-state index contributed by atoms with van der Waals surface area (Å²) in [7, 11) is 5.29. The molecule has 0 amide bonds. The van der Waals surface area contributed by atoms with Crippen molar-refractivity contribution >= 4 is 22.3 Å². The highest BCUT2D eigenvalue weighted by Gasteiger charge is 2.44. The van der Waals surface area contributed by atoms with Crippen LogP contribution >= 0.6 is 11.6 Å². The van der Waals surface area contributed by atoms with Gasteiger partial charge in [-0.25, -0.2) is 0 Å². The third-order valence-corrected chi connectivity index (χ3v) is 7.57. The van der Waals surface area contributed by atoms with Gasteiger partial charge < -0.3 is 20.7 Å². The van der Waals surface area contributed by atoms with Crippen molar-refractivity contribution in [1.29, 1.82) is 0 Å². The number of rotatable bonds is 7. The molecule has 0 radical (unpaired) electrons. The number of alkyl halides is 3. The van der Waals surface area contributed by atoms with Crippen molar-refractivity contribution in [3.8, 4) is 0 Å². The largest absolute Gasteiger partial charge is 0.403 e. The van der Waals surface area contributed by atoms with E-state index in [1.54, 1.807) is 13.2 Å². The Morgan fingerprint density at radius 1 is 1.24 bits per heavy atom. The maximum Gasteiger partial charge on any atom is 0.392 e. The average Bonchev–Trinajstić information content (AvgIpc) is 2.78. The first-order chi connectivity index (χ1) is 17.4. The third-order valence-electron chi connectivity index (χ3n) is 7.12. The highest BCUT2D eigenvalue weighted by atomic mass is 35.5. The van der Waals surface area contributed by atoms with Gasteiger partial charge in [0.1, 0.15) is 6.17 Å². The van der Waals surface area contributed by atoms with Crippen molar-refractivity contribution < 1.29 is 17.9 Å². The topological polar surface area (TPSA) is 66.7 Å². The van der Waals surface area contributed by atoms with Crippen LogP contribution in [0, 0.1) is 13.8 Å². The zero-order valence-corrected chi connectivity index (χ0v) is 22.5. The first-order valence-corrected chi connectivity index (χ1v) is 12.5. The summed E-state index contributed by atoms with van der Waals surface area (Å²) >= 11 is 6.79. The van der Waals surface area contributed by atoms with Gasteiger partial charge in [0.2, 0.25) is 0 Å². The van der Waals surface area contributed by atoms with Crippen molar-refractivity contribution in [2.75, 3.05) is 39.6 Å². The van der Waals surface area contributed by atoms with Crippen LogP contribution in [0.5, 0.6) is 0 Å². The molecular weight excluding hydrogens is 503 g/mol. The van der Waals surface area contributed by atoms with Crippen molar-refractivity contribution in [1.82, 2.24) is 14.8 Å². The monoisotopic (exact) mass is 535 g/mol. The highest BCUT2D eigenvalue weighted by molar-refractivity contribution is 6.50. The number of pyridine rings is 1. The standard InChI is InChI=1S/C27H33ClF3N5O/c1-16-7-9-21(17(2)33-16)27(37-5,23(15-32)35(3)4)18-8-10-22-19(13-18)24(28)20(14-26(29,30)31)25(34-22)36-11-6-12-36/h7-10,13,15,25,34H,6,11-12,14,32H2,1-5H3/b23-15-. The van der Waals surface area contributed by atoms with E-state index in [2.05, 4.69) is 10.3 Å². The molecule has 0 aliphatic carbocycles. The molecule has 4 rings (SSSR count). The number of likely N-dealkylation sites (N-methyl/N-ethyl adjacent to an activating group) is 1. The molecular formula is C27H33ClF3N5O. The molecule has 0 saturated carbocycles. The Morgan fingerprint density at radius 3 is 2.46 bits per heavy atom. The number of halogens is 4. The van der Waals surface area contributed by atoms with E-state index in [4.69, 9.17) is 22.1 Å². The molecule has 3 N–H and O–H groups in total. The minimum atomic E-state index is -4.39. The molecule has 0 spiro atoms. The van der Waals surface area contributed by atoms with E-state index < -0.39 is 24.4 Å². The third kappa shape index (κ3) is 4.92. The van der Waals surface area contributed by atoms with Gasteiger partial charge in [-0.1, -0.05) is 23.7 Å². The van der Waals surface area contributed by atoms with Gasteiger partial charge in [-0.05, 0) is 49.6 Å². The van der Waals surface area contributed by atoms with Crippen LogP contribution in [0.2, 0.25) is 0 Å². The van der Waals surface area contributed by atoms with Crippen LogP contribution in [0.1, 0.15) is 40.9 Å². The van der Waals surface area contributed by atoms with E-state index in [9.17, 15) is 13.2 Å². The summed E-state index contributed by atoms with van der Waals surface area (Å²) in [5.41, 5.74) is 9.91. The number of nitrogens with two attached hydrogens (primary N) is 1. The van der Waals surface area contributed by atoms with E-state index in [1.165, 1.54) is 6.20 Å². The SMILES string of the molecule is COC(/C(=C/N)N(C)C)(c1ccc2c(c1)C(Cl)=C(CC(F)(F)F)C(N1CCC1)N2)c1ccc(C)nc1C. The Labute approximate surface area is 220 Å². The number of aromatic nitrogens is 1. The van der Waals surface area contributed by atoms with Gasteiger partial charge >= 0.3 is 6.18 Å². The summed E-state index contributed by atoms with van der Waals surface area (Å²) < 4.78 is 47.1. The zero-order chi connectivity index (χ0) is 27.1. The summed E-state index contributed by atoms with van der Waals surface area (Å²) in [4.78, 5) is 8.47. The lowest BCUT2D eigenvalue weighted by Crippen LogP contribution is -2.51. The Kier molecular flexibility index (Phi) is 7.52. The van der Waals surface area contributed by atoms with Gasteiger partial charge in [-0.2, -0.15) is 13.2 Å². The number of benzene rings is 1. The maximum absolute atomic E-state index is 13.6. The van der Waals surface area contributed by atoms with Crippen LogP contribution in [0.15, 0.2) is 47.8 Å². The predicted molar refractivity (Wildman–Crippen MR) is 141 cm³/mol. The predicted octanol–water partition coefficient (Wildman–Crippen LogP) is 5.31. The second-order valence-electron chi connectivity index (χ2n) is 9.75. The van der Waals surface area contributed by atoms with Crippen LogP contribution in [0.25, 0.3) is 5.03 Å². The Hall–Kier alpha value is -2.75. The second kappa shape index (κ2) is 10.2. The summed E-state index contributed by atoms with van der Waals surface area (Å²) in [5, 5.41) is 3.41. The molecule has 1 saturated heterocycles. The smallest absolute Gasteiger partial charge is 0.392 e. The second-order valence-corrected chi connectivity index (χ2v) is 10.1. The normalized spacial score (nSPS) is 20.1. The maximum atomic E-state index is 13.6. The van der Waals surface area contributed by atoms with Gasteiger partial charge in [0.05, 0.1) is 17.2 Å². The fourth-order valence-corrected chi connectivity index (χ4v) is 5.64. The summed E-state index contributed by atoms with van der Waals surface area (Å²) in [6, 6.07) is 9.37. The van der Waals surface area contributed by atoms with Crippen LogP contribution in [0.3, 0.4) is 0 Å². The van der Waals surface area contributed by atoms with E-state index in [-0.39, 0.29) is 10.6 Å². The molecule has 1 aromatic carbocycles. The molecule has 1 aromatic heterocycles. The lowest BCUT2D eigenvalue weighted by Gasteiger charge is -2.44. The van der Waals surface area contributed by atoms with Crippen molar-refractivity contribution in [2.24, 2.45) is 5.73 Å². The van der Waals surface area contributed by atoms with E-state index in [1.807, 2.05) is 62.0 Å². The molecule has 10 heteroatoms. The van der Waals surface area contributed by atoms with E-state index in [0.29, 0.717) is 22.5 Å². The minimum Gasteiger partial charge on any atom is -0.403 e. The number of nitrogens with one attached hydrogen (secondary N) is 1. The molecule has 200 valence electrons. The first kappa shape index (κ1) is 27.3. The molecule has 2 aromatic rings. The quantitative estimate of drug-likeness (QED) is 0.501. The lowest BCUT2D eigenvalue weighted by atomic mass is 9.80. The van der Waals surface area contributed by atoms with Gasteiger partial charge in [-0.3, -0.25) is 9.88 Å². The molecule has 3 heterocycles. The summed E-state index contributed by atoms with van der Waals surface area (Å²) in [6.07, 6.45) is -3.66. The van der Waals surface area contributed by atoms with Crippen molar-refractivity contribution in [3.05, 3.63) is 75.9 Å². The van der Waals surface area contributed by atoms with Crippen molar-refractivity contribution in [3.63, 3.8) is 0 Å². The molecule has 2 atom stereocenters. The Morgan fingerprint density at radius 2 is 1.95 bits per heavy atom. The number of anilines is 1. The Bertz CT molecular complexity index is 1240. The molecule has 6 nitrogen and oxygen atoms in total. The van der Waals surface area contributed by atoms with Crippen LogP contribution in [-0.2, 0) is 10.3 Å². The van der Waals surface area contributed by atoms with Crippen LogP contribution in [-0.4, -0.2) is 61.4 Å². The molecule has 1 fully saturated rings. The summed E-state index contributed by atoms with van der Waals surface area (Å²) in [5.74, 6) is 0. The molecule has 37 heavy (non-hydrogen) atoms. The summed E-state index contributed by atoms with van der Waals surface area (Å²) in [6.45, 7) is 5.24. The van der Waals surface area contributed by atoms with Crippen LogP contribution in [0.4, 0.5) is 18.9 Å². The number of ether oxygens (including phenoxy) is 1. The van der Waals surface area contributed by atoms with E-state index in [0.717, 1.165) is 36.5 Å². The average molecular weight is 536 g/mol. The highest BCUT2D eigenvalue weighted by Crippen LogP contribution is 2.47. The number of nitrogens with zero attached hydrogens (tertiary/aromatic N) is 3. The number of hydrogen-bond donors (Lipinski definition) is 2. The molecule has 0 bridgehead atoms. The van der Waals surface area contributed by atoms with Gasteiger partial charge in [-0.15, -0.1) is 0 Å². The van der Waals surface area contributed by atoms with E-state index >= 15 is 0 Å².